The molecule has 2 heterocycles. The van der Waals surface area contributed by atoms with Crippen LogP contribution in [0, 0.1) is 0 Å². The first-order valence-corrected chi connectivity index (χ1v) is 16.7. The van der Waals surface area contributed by atoms with Gasteiger partial charge in [-0.15, -0.1) is 0 Å². The lowest BCUT2D eigenvalue weighted by Gasteiger charge is -2.44. The number of methoxy groups -OCH3 is 1. The summed E-state index contributed by atoms with van der Waals surface area (Å²) in [5.41, 5.74) is -4.99. The van der Waals surface area contributed by atoms with Crippen molar-refractivity contribution in [2.24, 2.45) is 0 Å². The molecule has 1 aliphatic rings. The lowest BCUT2D eigenvalue weighted by Crippen LogP contribution is -2.48. The lowest BCUT2D eigenvalue weighted by atomic mass is 9.87. The lowest BCUT2D eigenvalue weighted by molar-refractivity contribution is -0.143. The van der Waals surface area contributed by atoms with Gasteiger partial charge < -0.3 is 24.2 Å². The largest absolute Gasteiger partial charge is 0.488 e. The smallest absolute Gasteiger partial charge is 0.416 e. The van der Waals surface area contributed by atoms with E-state index in [2.05, 4.69) is 9.97 Å². The summed E-state index contributed by atoms with van der Waals surface area (Å²) in [6, 6.07) is 1.54. The Morgan fingerprint density at radius 2 is 1.48 bits per heavy atom. The average molecular weight is 781 g/mol. The zero-order chi connectivity index (χ0) is 39.8. The number of amides is 1. The van der Waals surface area contributed by atoms with Crippen molar-refractivity contribution >= 4 is 23.7 Å². The summed E-state index contributed by atoms with van der Waals surface area (Å²) in [7, 11) is 1.43. The maximum atomic E-state index is 14.1. The normalized spacial score (nSPS) is 16.2. The number of carbonyl (C=O) groups is 2. The van der Waals surface area contributed by atoms with Crippen LogP contribution in [0.4, 0.5) is 55.9 Å². The molecule has 0 aliphatic carbocycles. The molecule has 1 aliphatic heterocycles. The van der Waals surface area contributed by atoms with Gasteiger partial charge in [0, 0.05) is 26.1 Å². The molecule has 4 rings (SSSR count). The van der Waals surface area contributed by atoms with Crippen molar-refractivity contribution in [1.82, 2.24) is 9.97 Å². The molecule has 0 spiro atoms. The molecule has 0 saturated carbocycles. The molecule has 2 atom stereocenters. The number of ether oxygens (including phenoxy) is 3. The van der Waals surface area contributed by atoms with Gasteiger partial charge in [-0.1, -0.05) is 6.92 Å². The van der Waals surface area contributed by atoms with Gasteiger partial charge in [-0.05, 0) is 79.6 Å². The van der Waals surface area contributed by atoms with E-state index in [4.69, 9.17) is 19.3 Å². The third kappa shape index (κ3) is 10.9. The van der Waals surface area contributed by atoms with E-state index in [1.807, 2.05) is 0 Å². The number of unbranched alkanes of at least 4 members (excludes halogenated alkanes) is 2. The fraction of sp³-hybridized carbons (Fsp3) is 0.486. The van der Waals surface area contributed by atoms with Gasteiger partial charge in [0.05, 0.1) is 54.0 Å². The monoisotopic (exact) mass is 780 g/mol. The molecule has 1 N–H and O–H groups in total. The van der Waals surface area contributed by atoms with Crippen molar-refractivity contribution in [3.8, 4) is 5.75 Å². The van der Waals surface area contributed by atoms with Crippen LogP contribution in [0.15, 0.2) is 48.8 Å². The number of carbonyl (C=O) groups excluding carboxylic acids is 1. The van der Waals surface area contributed by atoms with Crippen LogP contribution >= 0.6 is 0 Å². The Labute approximate surface area is 303 Å². The van der Waals surface area contributed by atoms with Crippen LogP contribution in [-0.4, -0.2) is 60.1 Å². The number of benzene rings is 2. The molecule has 1 amide bonds. The fourth-order valence-electron chi connectivity index (χ4n) is 5.98. The molecule has 2 aromatic carbocycles. The zero-order valence-electron chi connectivity index (χ0n) is 29.0. The predicted molar refractivity (Wildman–Crippen MR) is 175 cm³/mol. The van der Waals surface area contributed by atoms with Crippen LogP contribution in [0.5, 0.6) is 5.75 Å². The molecule has 296 valence electrons. The molecule has 0 bridgehead atoms. The molecule has 54 heavy (non-hydrogen) atoms. The molecule has 0 fully saturated rings. The van der Waals surface area contributed by atoms with E-state index < -0.39 is 71.5 Å². The number of hydrogen-bond acceptors (Lipinski definition) is 8. The first kappa shape index (κ1) is 41.9. The molecule has 10 nitrogen and oxygen atoms in total. The Morgan fingerprint density at radius 1 is 0.852 bits per heavy atom. The third-order valence-electron chi connectivity index (χ3n) is 8.57. The minimum atomic E-state index is -5.18. The van der Waals surface area contributed by atoms with E-state index >= 15 is 0 Å². The summed E-state index contributed by atoms with van der Waals surface area (Å²) in [6.07, 6.45) is -12.8. The molecule has 0 unspecified atom stereocenters. The number of carboxylic acid groups (broad SMARTS) is 1. The van der Waals surface area contributed by atoms with Crippen LogP contribution in [0.2, 0.25) is 0 Å². The van der Waals surface area contributed by atoms with Crippen LogP contribution < -0.4 is 14.5 Å². The number of aliphatic carboxylic acids is 1. The number of fused-ring (bicyclic) bond motifs is 1. The van der Waals surface area contributed by atoms with Gasteiger partial charge in [-0.25, -0.2) is 14.8 Å². The van der Waals surface area contributed by atoms with Crippen LogP contribution in [0.3, 0.4) is 0 Å². The fourth-order valence-corrected chi connectivity index (χ4v) is 5.98. The van der Waals surface area contributed by atoms with Gasteiger partial charge in [0.25, 0.3) is 0 Å². The highest BCUT2D eigenvalue weighted by atomic mass is 19.4. The van der Waals surface area contributed by atoms with Gasteiger partial charge in [-0.2, -0.15) is 39.5 Å². The van der Waals surface area contributed by atoms with E-state index in [0.29, 0.717) is 31.4 Å². The Kier molecular flexibility index (Phi) is 13.6. The van der Waals surface area contributed by atoms with Gasteiger partial charge in [0.2, 0.25) is 5.95 Å². The van der Waals surface area contributed by atoms with Crippen molar-refractivity contribution in [2.45, 2.75) is 82.6 Å². The van der Waals surface area contributed by atoms with Crippen molar-refractivity contribution in [1.29, 1.82) is 0 Å². The van der Waals surface area contributed by atoms with E-state index in [9.17, 15) is 49.1 Å². The second-order valence-corrected chi connectivity index (χ2v) is 12.4. The number of alkyl halides is 9. The van der Waals surface area contributed by atoms with Crippen LogP contribution in [0.1, 0.15) is 79.3 Å². The zero-order valence-corrected chi connectivity index (χ0v) is 29.0. The van der Waals surface area contributed by atoms with Gasteiger partial charge >= 0.3 is 30.6 Å². The first-order chi connectivity index (χ1) is 25.3. The quantitative estimate of drug-likeness (QED) is 0.119. The molecule has 3 aromatic rings. The van der Waals surface area contributed by atoms with Gasteiger partial charge in [0.15, 0.2) is 5.75 Å². The Hall–Kier alpha value is -4.81. The summed E-state index contributed by atoms with van der Waals surface area (Å²) in [4.78, 5) is 35.1. The highest BCUT2D eigenvalue weighted by Gasteiger charge is 2.42. The molecule has 19 heteroatoms. The molecule has 1 aromatic heterocycles. The van der Waals surface area contributed by atoms with Crippen molar-refractivity contribution in [3.63, 3.8) is 0 Å². The average Bonchev–Trinajstić information content (AvgIpc) is 3.10. The minimum Gasteiger partial charge on any atom is -0.488 e. The third-order valence-corrected chi connectivity index (χ3v) is 8.57. The van der Waals surface area contributed by atoms with Gasteiger partial charge in [-0.3, -0.25) is 9.69 Å². The van der Waals surface area contributed by atoms with Crippen LogP contribution in [0.25, 0.3) is 0 Å². The molecule has 0 radical (unpaired) electrons. The summed E-state index contributed by atoms with van der Waals surface area (Å²) < 4.78 is 141. The SMILES string of the molecule is CC[C@@H]1C[C@H](N(Cc2cc(C(F)(F)F)cc(C(F)(F)F)c2)c2ncc(OCCOC)cn2)c2cc(C(F)(F)F)ccc2N1C(=O)OCCCCCC(=O)O. The maximum Gasteiger partial charge on any atom is 0.416 e. The van der Waals surface area contributed by atoms with Crippen molar-refractivity contribution in [2.75, 3.05) is 36.7 Å². The molecule has 0 saturated heterocycles. The summed E-state index contributed by atoms with van der Waals surface area (Å²) in [5.74, 6) is -1.13. The summed E-state index contributed by atoms with van der Waals surface area (Å²) in [6.45, 7) is 1.09. The minimum absolute atomic E-state index is 0.0356. The molecular formula is C35H37F9N4O6. The second kappa shape index (κ2) is 17.6. The van der Waals surface area contributed by atoms with Crippen molar-refractivity contribution < 1.29 is 68.4 Å². The highest BCUT2D eigenvalue weighted by molar-refractivity contribution is 5.90. The van der Waals surface area contributed by atoms with Gasteiger partial charge in [0.1, 0.15) is 6.61 Å². The standard InChI is InChI=1S/C35H37F9N4O6/c1-3-25-17-29(27-16-22(33(36,37)38)8-9-28(27)48(25)32(51)54-10-6-4-5-7-30(49)50)47(31-45-18-26(19-46-31)53-12-11-52-2)20-21-13-23(34(39,40)41)15-24(14-21)35(42,43)44/h8-9,13-16,18-19,25,29H,3-7,10-12,17,20H2,1-2H3,(H,49,50)/t25-,29+/m1/s1. The number of hydrogen-bond donors (Lipinski definition) is 1. The number of aromatic nitrogens is 2. The van der Waals surface area contributed by atoms with Crippen LogP contribution in [-0.2, 0) is 39.3 Å². The van der Waals surface area contributed by atoms with E-state index in [0.717, 1.165) is 18.2 Å². The maximum absolute atomic E-state index is 14.1. The summed E-state index contributed by atoms with van der Waals surface area (Å²) >= 11 is 0. The molecular weight excluding hydrogens is 743 g/mol. The van der Waals surface area contributed by atoms with E-state index in [1.165, 1.54) is 29.3 Å². The Morgan fingerprint density at radius 3 is 2.04 bits per heavy atom. The first-order valence-electron chi connectivity index (χ1n) is 16.7. The predicted octanol–water partition coefficient (Wildman–Crippen LogP) is 9.08. The van der Waals surface area contributed by atoms with Crippen molar-refractivity contribution in [3.05, 3.63) is 76.6 Å². The number of nitrogens with zero attached hydrogens (tertiary/aromatic N) is 4. The second-order valence-electron chi connectivity index (χ2n) is 12.4. The number of anilines is 2. The number of rotatable bonds is 15. The Bertz CT molecular complexity index is 1700. The topological polar surface area (TPSA) is 114 Å². The summed E-state index contributed by atoms with van der Waals surface area (Å²) in [5, 5.41) is 8.83. The highest BCUT2D eigenvalue weighted by Crippen LogP contribution is 2.46. The number of halogens is 9. The van der Waals surface area contributed by atoms with E-state index in [1.54, 1.807) is 6.92 Å². The van der Waals surface area contributed by atoms with E-state index in [-0.39, 0.29) is 68.1 Å². The number of carboxylic acids is 1. The Balaban J connectivity index is 1.83.